The van der Waals surface area contributed by atoms with Crippen molar-refractivity contribution < 1.29 is 14.4 Å². The number of hydrogen-bond donors (Lipinski definition) is 1. The topological polar surface area (TPSA) is 59.0 Å². The zero-order valence-corrected chi connectivity index (χ0v) is 15.9. The number of aliphatic hydroxyl groups excluding tert-OH is 1. The lowest BCUT2D eigenvalue weighted by molar-refractivity contribution is 0.124. The molecule has 0 saturated carbocycles. The lowest BCUT2D eigenvalue weighted by Crippen LogP contribution is -2.49. The molecule has 2 aromatic carbocycles. The number of nitrogens with zero attached hydrogens (tertiary/aromatic N) is 2. The number of methoxy groups -OCH3 is 1. The van der Waals surface area contributed by atoms with Crippen molar-refractivity contribution in [3.05, 3.63) is 54.6 Å². The van der Waals surface area contributed by atoms with Crippen molar-refractivity contribution in [3.63, 3.8) is 0 Å². The summed E-state index contributed by atoms with van der Waals surface area (Å²) < 4.78 is 17.8. The van der Waals surface area contributed by atoms with Crippen LogP contribution >= 0.6 is 0 Å². The molecule has 0 aromatic heterocycles. The minimum Gasteiger partial charge on any atom is -0.611 e. The predicted molar refractivity (Wildman–Crippen MR) is 105 cm³/mol. The highest BCUT2D eigenvalue weighted by molar-refractivity contribution is 7.91. The summed E-state index contributed by atoms with van der Waals surface area (Å²) in [7, 11) is 1.69. The smallest absolute Gasteiger partial charge is 0.152 e. The first-order valence-corrected chi connectivity index (χ1v) is 10.2. The van der Waals surface area contributed by atoms with Crippen LogP contribution in [0.15, 0.2) is 59.5 Å². The van der Waals surface area contributed by atoms with Crippen molar-refractivity contribution in [2.75, 3.05) is 50.5 Å². The SMILES string of the molecule is COc1ccccc1N1CCN(CC(O)C[S+]([O-])c2ccccc2)CC1. The fraction of sp³-hybridized carbons (Fsp3) is 0.400. The standard InChI is InChI=1S/C20H26N2O3S/c1-25-20-10-6-5-9-19(20)22-13-11-21(12-14-22)15-17(23)16-26(24)18-7-3-2-4-8-18/h2-10,17,23H,11-16H2,1H3. The summed E-state index contributed by atoms with van der Waals surface area (Å²) in [4.78, 5) is 5.32. The molecule has 0 amide bonds. The highest BCUT2D eigenvalue weighted by Gasteiger charge is 2.23. The van der Waals surface area contributed by atoms with Gasteiger partial charge in [0.25, 0.3) is 0 Å². The Hall–Kier alpha value is -1.73. The van der Waals surface area contributed by atoms with Crippen molar-refractivity contribution in [1.82, 2.24) is 4.90 Å². The van der Waals surface area contributed by atoms with E-state index in [1.54, 1.807) is 7.11 Å². The van der Waals surface area contributed by atoms with E-state index in [9.17, 15) is 9.66 Å². The zero-order valence-electron chi connectivity index (χ0n) is 15.1. The van der Waals surface area contributed by atoms with Gasteiger partial charge in [-0.1, -0.05) is 30.3 Å². The Labute approximate surface area is 158 Å². The maximum absolute atomic E-state index is 12.3. The number of β-amino-alcohol motifs (C(OH)–C–C–N with tert-alkyl or cyclic N) is 1. The molecule has 0 aliphatic carbocycles. The molecule has 0 spiro atoms. The van der Waals surface area contributed by atoms with Crippen LogP contribution in [0.2, 0.25) is 0 Å². The fourth-order valence-corrected chi connectivity index (χ4v) is 4.36. The second-order valence-electron chi connectivity index (χ2n) is 6.44. The van der Waals surface area contributed by atoms with Gasteiger partial charge in [-0.15, -0.1) is 0 Å². The Morgan fingerprint density at radius 3 is 2.38 bits per heavy atom. The first-order valence-electron chi connectivity index (χ1n) is 8.89. The van der Waals surface area contributed by atoms with Crippen LogP contribution in [0.3, 0.4) is 0 Å². The average molecular weight is 375 g/mol. The monoisotopic (exact) mass is 374 g/mol. The van der Waals surface area contributed by atoms with Crippen LogP contribution < -0.4 is 9.64 Å². The molecule has 1 saturated heterocycles. The van der Waals surface area contributed by atoms with E-state index in [0.717, 1.165) is 42.5 Å². The van der Waals surface area contributed by atoms with Gasteiger partial charge in [-0.25, -0.2) is 0 Å². The molecule has 140 valence electrons. The maximum atomic E-state index is 12.3. The van der Waals surface area contributed by atoms with Gasteiger partial charge in [0.15, 0.2) is 4.90 Å². The molecular formula is C20H26N2O3S. The number of ether oxygens (including phenoxy) is 1. The van der Waals surface area contributed by atoms with E-state index in [1.165, 1.54) is 0 Å². The average Bonchev–Trinajstić information content (AvgIpc) is 2.69. The molecule has 26 heavy (non-hydrogen) atoms. The van der Waals surface area contributed by atoms with E-state index >= 15 is 0 Å². The third-order valence-corrected chi connectivity index (χ3v) is 6.10. The van der Waals surface area contributed by atoms with Gasteiger partial charge in [0.05, 0.1) is 12.8 Å². The normalized spacial score (nSPS) is 17.7. The first kappa shape index (κ1) is 19.0. The summed E-state index contributed by atoms with van der Waals surface area (Å²) in [6.45, 7) is 4.06. The van der Waals surface area contributed by atoms with Gasteiger partial charge in [0.1, 0.15) is 17.6 Å². The van der Waals surface area contributed by atoms with Crippen molar-refractivity contribution in [1.29, 1.82) is 0 Å². The van der Waals surface area contributed by atoms with Crippen molar-refractivity contribution >= 4 is 16.9 Å². The Bertz CT molecular complexity index is 678. The summed E-state index contributed by atoms with van der Waals surface area (Å²) in [6.07, 6.45) is -0.589. The molecule has 0 radical (unpaired) electrons. The first-order chi connectivity index (χ1) is 12.7. The Balaban J connectivity index is 1.48. The summed E-state index contributed by atoms with van der Waals surface area (Å²) in [5.74, 6) is 1.16. The summed E-state index contributed by atoms with van der Waals surface area (Å²) in [5, 5.41) is 10.3. The van der Waals surface area contributed by atoms with E-state index in [4.69, 9.17) is 4.74 Å². The van der Waals surface area contributed by atoms with Crippen molar-refractivity contribution in [2.24, 2.45) is 0 Å². The number of aliphatic hydroxyl groups is 1. The largest absolute Gasteiger partial charge is 0.611 e. The van der Waals surface area contributed by atoms with Gasteiger partial charge in [-0.3, -0.25) is 4.90 Å². The Kier molecular flexibility index (Phi) is 6.80. The van der Waals surface area contributed by atoms with E-state index in [2.05, 4.69) is 15.9 Å². The van der Waals surface area contributed by atoms with E-state index < -0.39 is 17.3 Å². The lowest BCUT2D eigenvalue weighted by atomic mass is 10.2. The van der Waals surface area contributed by atoms with E-state index in [-0.39, 0.29) is 5.75 Å². The molecule has 1 aliphatic rings. The van der Waals surface area contributed by atoms with Crippen LogP contribution in [0.25, 0.3) is 0 Å². The molecule has 3 rings (SSSR count). The van der Waals surface area contributed by atoms with Crippen LogP contribution in [0.4, 0.5) is 5.69 Å². The second kappa shape index (κ2) is 9.28. The molecule has 1 fully saturated rings. The number of anilines is 1. The van der Waals surface area contributed by atoms with Crippen LogP contribution in [-0.4, -0.2) is 66.2 Å². The third-order valence-electron chi connectivity index (χ3n) is 4.62. The van der Waals surface area contributed by atoms with Crippen molar-refractivity contribution in [3.8, 4) is 5.75 Å². The van der Waals surface area contributed by atoms with E-state index in [1.807, 2.05) is 48.5 Å². The van der Waals surface area contributed by atoms with Crippen LogP contribution in [-0.2, 0) is 11.2 Å². The second-order valence-corrected chi connectivity index (χ2v) is 7.93. The highest BCUT2D eigenvalue weighted by Crippen LogP contribution is 2.28. The van der Waals surface area contributed by atoms with Crippen LogP contribution in [0.1, 0.15) is 0 Å². The minimum atomic E-state index is -1.16. The molecule has 1 heterocycles. The lowest BCUT2D eigenvalue weighted by Gasteiger charge is -2.37. The van der Waals surface area contributed by atoms with Crippen LogP contribution in [0, 0.1) is 0 Å². The van der Waals surface area contributed by atoms with Gasteiger partial charge in [-0.05, 0) is 35.4 Å². The number of para-hydroxylation sites is 2. The summed E-state index contributed by atoms with van der Waals surface area (Å²) in [6, 6.07) is 17.4. The molecule has 0 bridgehead atoms. The molecular weight excluding hydrogens is 348 g/mol. The summed E-state index contributed by atoms with van der Waals surface area (Å²) in [5.41, 5.74) is 1.11. The fourth-order valence-electron chi connectivity index (χ4n) is 3.26. The van der Waals surface area contributed by atoms with E-state index in [0.29, 0.717) is 6.54 Å². The molecule has 2 aromatic rings. The summed E-state index contributed by atoms with van der Waals surface area (Å²) >= 11 is -1.16. The zero-order chi connectivity index (χ0) is 18.4. The van der Waals surface area contributed by atoms with Gasteiger partial charge in [-0.2, -0.15) is 0 Å². The van der Waals surface area contributed by atoms with Gasteiger partial charge in [0, 0.05) is 32.7 Å². The highest BCUT2D eigenvalue weighted by atomic mass is 32.2. The Morgan fingerprint density at radius 2 is 1.69 bits per heavy atom. The quantitative estimate of drug-likeness (QED) is 0.751. The molecule has 2 atom stereocenters. The predicted octanol–water partition coefficient (Wildman–Crippen LogP) is 1.99. The molecule has 2 unspecified atom stereocenters. The van der Waals surface area contributed by atoms with Crippen LogP contribution in [0.5, 0.6) is 5.75 Å². The van der Waals surface area contributed by atoms with Gasteiger partial charge >= 0.3 is 0 Å². The molecule has 5 nitrogen and oxygen atoms in total. The molecule has 1 aliphatic heterocycles. The minimum absolute atomic E-state index is 0.275. The number of hydrogen-bond acceptors (Lipinski definition) is 5. The number of rotatable bonds is 7. The molecule has 6 heteroatoms. The van der Waals surface area contributed by atoms with Crippen molar-refractivity contribution in [2.45, 2.75) is 11.0 Å². The number of benzene rings is 2. The molecule has 1 N–H and O–H groups in total. The number of piperazine rings is 1. The third kappa shape index (κ3) is 4.92. The Morgan fingerprint density at radius 1 is 1.04 bits per heavy atom. The van der Waals surface area contributed by atoms with Gasteiger partial charge in [0.2, 0.25) is 0 Å². The maximum Gasteiger partial charge on any atom is 0.152 e. The van der Waals surface area contributed by atoms with Gasteiger partial charge < -0.3 is 19.3 Å².